The van der Waals surface area contributed by atoms with Crippen molar-refractivity contribution in [1.82, 2.24) is 19.9 Å². The van der Waals surface area contributed by atoms with Crippen molar-refractivity contribution >= 4 is 12.2 Å². The zero-order valence-corrected chi connectivity index (χ0v) is 12.6. The van der Waals surface area contributed by atoms with Crippen LogP contribution in [-0.2, 0) is 0 Å². The molecule has 1 N–H and O–H groups in total. The fourth-order valence-corrected chi connectivity index (χ4v) is 2.24. The minimum Gasteiger partial charge on any atom is -0.336 e. The number of H-pyrrole nitrogens is 1. The van der Waals surface area contributed by atoms with Gasteiger partial charge in [0.1, 0.15) is 4.64 Å². The molecule has 2 heterocycles. The third-order valence-corrected chi connectivity index (χ3v) is 3.61. The fraction of sp³-hybridized carbons (Fsp3) is 0.125. The van der Waals surface area contributed by atoms with Gasteiger partial charge < -0.3 is 4.98 Å². The van der Waals surface area contributed by atoms with Gasteiger partial charge in [-0.15, -0.1) is 0 Å². The van der Waals surface area contributed by atoms with Crippen molar-refractivity contribution in [3.8, 4) is 22.9 Å². The number of aromatic nitrogens is 4. The Hall–Kier alpha value is -2.40. The van der Waals surface area contributed by atoms with E-state index in [9.17, 15) is 0 Å². The van der Waals surface area contributed by atoms with E-state index >= 15 is 0 Å². The SMILES string of the molecule is Cc1cnc(-c2nc(=S)c(C)c(-c3ccccc3)[nH]2)nc1. The molecule has 0 spiro atoms. The molecule has 1 aromatic carbocycles. The van der Waals surface area contributed by atoms with Gasteiger partial charge in [0.05, 0.1) is 5.69 Å². The van der Waals surface area contributed by atoms with E-state index in [0.717, 1.165) is 22.4 Å². The molecule has 2 aromatic heterocycles. The predicted molar refractivity (Wildman–Crippen MR) is 85.4 cm³/mol. The Morgan fingerprint density at radius 1 is 1.00 bits per heavy atom. The van der Waals surface area contributed by atoms with Crippen LogP contribution in [0.1, 0.15) is 11.1 Å². The number of benzene rings is 1. The number of nitrogens with zero attached hydrogens (tertiary/aromatic N) is 3. The number of aromatic amines is 1. The first kappa shape index (κ1) is 13.6. The van der Waals surface area contributed by atoms with Gasteiger partial charge in [-0.3, -0.25) is 0 Å². The Labute approximate surface area is 128 Å². The van der Waals surface area contributed by atoms with Crippen molar-refractivity contribution in [3.63, 3.8) is 0 Å². The van der Waals surface area contributed by atoms with Crippen molar-refractivity contribution in [3.05, 3.63) is 58.5 Å². The highest BCUT2D eigenvalue weighted by molar-refractivity contribution is 7.71. The average molecular weight is 294 g/mol. The molecule has 0 radical (unpaired) electrons. The largest absolute Gasteiger partial charge is 0.336 e. The molecule has 104 valence electrons. The third kappa shape index (κ3) is 2.73. The maximum atomic E-state index is 5.37. The summed E-state index contributed by atoms with van der Waals surface area (Å²) in [6, 6.07) is 10.0. The summed E-state index contributed by atoms with van der Waals surface area (Å²) in [6.07, 6.45) is 3.53. The summed E-state index contributed by atoms with van der Waals surface area (Å²) in [5.41, 5.74) is 3.98. The first-order valence-corrected chi connectivity index (χ1v) is 7.01. The average Bonchev–Trinajstić information content (AvgIpc) is 2.51. The lowest BCUT2D eigenvalue weighted by Crippen LogP contribution is -2.00. The fourth-order valence-electron chi connectivity index (χ4n) is 2.05. The van der Waals surface area contributed by atoms with Crippen molar-refractivity contribution in [2.24, 2.45) is 0 Å². The quantitative estimate of drug-likeness (QED) is 0.729. The summed E-state index contributed by atoms with van der Waals surface area (Å²) >= 11 is 5.37. The first-order chi connectivity index (χ1) is 10.1. The van der Waals surface area contributed by atoms with Crippen molar-refractivity contribution in [2.45, 2.75) is 13.8 Å². The van der Waals surface area contributed by atoms with Crippen LogP contribution in [0.3, 0.4) is 0 Å². The summed E-state index contributed by atoms with van der Waals surface area (Å²) in [5.74, 6) is 1.13. The van der Waals surface area contributed by atoms with Gasteiger partial charge in [0.15, 0.2) is 11.6 Å². The highest BCUT2D eigenvalue weighted by Gasteiger charge is 2.10. The number of hydrogen-bond acceptors (Lipinski definition) is 4. The Kier molecular flexibility index (Phi) is 3.58. The molecule has 0 aliphatic rings. The van der Waals surface area contributed by atoms with Crippen LogP contribution in [0.25, 0.3) is 22.9 Å². The van der Waals surface area contributed by atoms with Crippen molar-refractivity contribution in [1.29, 1.82) is 0 Å². The first-order valence-electron chi connectivity index (χ1n) is 6.60. The number of aryl methyl sites for hydroxylation is 1. The smallest absolute Gasteiger partial charge is 0.195 e. The monoisotopic (exact) mass is 294 g/mol. The molecule has 0 aliphatic heterocycles. The molecule has 0 amide bonds. The van der Waals surface area contributed by atoms with E-state index in [4.69, 9.17) is 12.2 Å². The van der Waals surface area contributed by atoms with Crippen LogP contribution >= 0.6 is 12.2 Å². The molecule has 3 rings (SSSR count). The lowest BCUT2D eigenvalue weighted by Gasteiger charge is -2.09. The standard InChI is InChI=1S/C16H14N4S/c1-10-8-17-14(18-9-10)15-19-13(11(2)16(21)20-15)12-6-4-3-5-7-12/h3-9H,1-2H3,(H,19,20,21). The second-order valence-electron chi connectivity index (χ2n) is 4.84. The molecule has 0 unspecified atom stereocenters. The van der Waals surface area contributed by atoms with E-state index in [2.05, 4.69) is 19.9 Å². The van der Waals surface area contributed by atoms with Gasteiger partial charge in [0.25, 0.3) is 0 Å². The highest BCUT2D eigenvalue weighted by atomic mass is 32.1. The minimum atomic E-state index is 0.545. The lowest BCUT2D eigenvalue weighted by atomic mass is 10.1. The predicted octanol–water partition coefficient (Wildman–Crippen LogP) is 3.88. The molecule has 5 heteroatoms. The van der Waals surface area contributed by atoms with E-state index in [1.807, 2.05) is 44.2 Å². The summed E-state index contributed by atoms with van der Waals surface area (Å²) in [6.45, 7) is 3.91. The maximum Gasteiger partial charge on any atom is 0.195 e. The lowest BCUT2D eigenvalue weighted by molar-refractivity contribution is 1.05. The molecule has 0 saturated carbocycles. The molecule has 0 atom stereocenters. The Bertz CT molecular complexity index is 823. The topological polar surface area (TPSA) is 54.5 Å². The summed E-state index contributed by atoms with van der Waals surface area (Å²) in [4.78, 5) is 16.3. The highest BCUT2D eigenvalue weighted by Crippen LogP contribution is 2.23. The molecule has 0 bridgehead atoms. The molecule has 4 nitrogen and oxygen atoms in total. The van der Waals surface area contributed by atoms with E-state index in [1.54, 1.807) is 12.4 Å². The number of rotatable bonds is 2. The van der Waals surface area contributed by atoms with Gasteiger partial charge in [0.2, 0.25) is 0 Å². The molecule has 3 aromatic rings. The number of hydrogen-bond donors (Lipinski definition) is 1. The Morgan fingerprint density at radius 2 is 1.67 bits per heavy atom. The number of nitrogens with one attached hydrogen (secondary N) is 1. The van der Waals surface area contributed by atoms with Gasteiger partial charge in [-0.2, -0.15) is 0 Å². The van der Waals surface area contributed by atoms with Gasteiger partial charge >= 0.3 is 0 Å². The van der Waals surface area contributed by atoms with Crippen LogP contribution in [-0.4, -0.2) is 19.9 Å². The van der Waals surface area contributed by atoms with E-state index < -0.39 is 0 Å². The summed E-state index contributed by atoms with van der Waals surface area (Å²) in [7, 11) is 0. The van der Waals surface area contributed by atoms with Gasteiger partial charge in [-0.1, -0.05) is 42.5 Å². The van der Waals surface area contributed by atoms with Gasteiger partial charge in [0, 0.05) is 18.0 Å². The normalized spacial score (nSPS) is 10.6. The maximum absolute atomic E-state index is 5.37. The van der Waals surface area contributed by atoms with Crippen molar-refractivity contribution in [2.75, 3.05) is 0 Å². The van der Waals surface area contributed by atoms with E-state index in [0.29, 0.717) is 16.3 Å². The second-order valence-corrected chi connectivity index (χ2v) is 5.23. The molecule has 0 fully saturated rings. The third-order valence-electron chi connectivity index (χ3n) is 3.21. The molecular formula is C16H14N4S. The molecule has 0 saturated heterocycles. The Morgan fingerprint density at radius 3 is 2.33 bits per heavy atom. The van der Waals surface area contributed by atoms with E-state index in [1.165, 1.54) is 0 Å². The van der Waals surface area contributed by atoms with Crippen LogP contribution in [0.4, 0.5) is 0 Å². The van der Waals surface area contributed by atoms with Crippen LogP contribution in [0.15, 0.2) is 42.7 Å². The molecule has 0 aliphatic carbocycles. The molecular weight excluding hydrogens is 280 g/mol. The summed E-state index contributed by atoms with van der Waals surface area (Å²) < 4.78 is 0.562. The zero-order chi connectivity index (χ0) is 14.8. The van der Waals surface area contributed by atoms with Crippen LogP contribution in [0.2, 0.25) is 0 Å². The van der Waals surface area contributed by atoms with Gasteiger partial charge in [-0.05, 0) is 25.0 Å². The second kappa shape index (κ2) is 5.54. The van der Waals surface area contributed by atoms with Crippen LogP contribution in [0, 0.1) is 18.5 Å². The Balaban J connectivity index is 2.19. The van der Waals surface area contributed by atoms with Crippen LogP contribution < -0.4 is 0 Å². The zero-order valence-electron chi connectivity index (χ0n) is 11.8. The minimum absolute atomic E-state index is 0.545. The van der Waals surface area contributed by atoms with Gasteiger partial charge in [-0.25, -0.2) is 15.0 Å². The van der Waals surface area contributed by atoms with Crippen LogP contribution in [0.5, 0.6) is 0 Å². The summed E-state index contributed by atoms with van der Waals surface area (Å²) in [5, 5.41) is 0. The van der Waals surface area contributed by atoms with Crippen molar-refractivity contribution < 1.29 is 0 Å². The molecule has 21 heavy (non-hydrogen) atoms. The van der Waals surface area contributed by atoms with E-state index in [-0.39, 0.29) is 0 Å².